The van der Waals surface area contributed by atoms with E-state index in [1.807, 2.05) is 23.6 Å². The largest absolute Gasteiger partial charge is 0.413 e. The third-order valence-corrected chi connectivity index (χ3v) is 11.2. The van der Waals surface area contributed by atoms with Gasteiger partial charge in [-0.1, -0.05) is 71.9 Å². The molecule has 0 spiro atoms. The third kappa shape index (κ3) is 6.95. The average Bonchev–Trinajstić information content (AvgIpc) is 3.08. The van der Waals surface area contributed by atoms with Crippen molar-refractivity contribution in [3.63, 3.8) is 0 Å². The molecule has 0 aromatic carbocycles. The maximum atomic E-state index is 11.0. The van der Waals surface area contributed by atoms with Crippen molar-refractivity contribution in [1.82, 2.24) is 0 Å². The summed E-state index contributed by atoms with van der Waals surface area (Å²) in [6.07, 6.45) is 8.65. The van der Waals surface area contributed by atoms with E-state index < -0.39 is 14.4 Å². The molecule has 0 saturated heterocycles. The molecule has 0 radical (unpaired) electrons. The van der Waals surface area contributed by atoms with Gasteiger partial charge in [-0.05, 0) is 36.0 Å². The van der Waals surface area contributed by atoms with Crippen LogP contribution in [0.4, 0.5) is 0 Å². The van der Waals surface area contributed by atoms with Crippen molar-refractivity contribution in [1.29, 1.82) is 0 Å². The first-order chi connectivity index (χ1) is 12.1. The second-order valence-electron chi connectivity index (χ2n) is 8.89. The van der Waals surface area contributed by atoms with Gasteiger partial charge in [0.25, 0.3) is 0 Å². The van der Waals surface area contributed by atoms with Crippen LogP contribution in [0.25, 0.3) is 0 Å². The van der Waals surface area contributed by atoms with Crippen molar-refractivity contribution < 1.29 is 9.53 Å². The van der Waals surface area contributed by atoms with Crippen molar-refractivity contribution in [2.24, 2.45) is 5.92 Å². The predicted octanol–water partition coefficient (Wildman–Crippen LogP) is 7.33. The van der Waals surface area contributed by atoms with E-state index in [9.17, 15) is 5.11 Å². The smallest absolute Gasteiger partial charge is 0.192 e. The van der Waals surface area contributed by atoms with E-state index in [0.29, 0.717) is 0 Å². The molecule has 0 aliphatic rings. The van der Waals surface area contributed by atoms with Crippen LogP contribution in [0, 0.1) is 5.92 Å². The second-order valence-corrected chi connectivity index (χ2v) is 14.6. The van der Waals surface area contributed by atoms with Gasteiger partial charge in [-0.3, -0.25) is 0 Å². The first kappa shape index (κ1) is 23.6. The zero-order valence-electron chi connectivity index (χ0n) is 17.8. The summed E-state index contributed by atoms with van der Waals surface area (Å²) in [5, 5.41) is 13.1. The number of unbranched alkanes of at least 4 members (excludes halogenated alkanes) is 4. The summed E-state index contributed by atoms with van der Waals surface area (Å²) in [6.45, 7) is 17.7. The molecular weight excluding hydrogens is 356 g/mol. The summed E-state index contributed by atoms with van der Waals surface area (Å²) in [5.74, 6) is -0.0612. The zero-order valence-corrected chi connectivity index (χ0v) is 19.6. The summed E-state index contributed by atoms with van der Waals surface area (Å²) in [4.78, 5) is 1.00. The second kappa shape index (κ2) is 10.8. The topological polar surface area (TPSA) is 29.5 Å². The van der Waals surface area contributed by atoms with E-state index in [0.717, 1.165) is 17.7 Å². The highest BCUT2D eigenvalue weighted by atomic mass is 32.1. The first-order valence-corrected chi connectivity index (χ1v) is 13.9. The molecule has 0 unspecified atom stereocenters. The Kier molecular flexibility index (Phi) is 9.80. The third-order valence-electron chi connectivity index (χ3n) is 5.75. The average molecular weight is 397 g/mol. The van der Waals surface area contributed by atoms with Gasteiger partial charge in [-0.15, -0.1) is 17.9 Å². The van der Waals surface area contributed by atoms with Gasteiger partial charge in [-0.2, -0.15) is 0 Å². The van der Waals surface area contributed by atoms with Crippen LogP contribution in [0.2, 0.25) is 18.1 Å². The van der Waals surface area contributed by atoms with Gasteiger partial charge in [0, 0.05) is 10.8 Å². The Hall–Kier alpha value is -0.423. The lowest BCUT2D eigenvalue weighted by Crippen LogP contribution is -2.46. The van der Waals surface area contributed by atoms with E-state index in [4.69, 9.17) is 4.43 Å². The molecule has 0 amide bonds. The number of aliphatic hydroxyl groups is 1. The van der Waals surface area contributed by atoms with Crippen molar-refractivity contribution in [2.75, 3.05) is 0 Å². The van der Waals surface area contributed by atoms with Crippen LogP contribution in [0.15, 0.2) is 30.2 Å². The Morgan fingerprint density at radius 2 is 1.88 bits per heavy atom. The van der Waals surface area contributed by atoms with Gasteiger partial charge in [0.15, 0.2) is 8.32 Å². The molecule has 3 atom stereocenters. The summed E-state index contributed by atoms with van der Waals surface area (Å²) in [5.41, 5.74) is 0. The maximum absolute atomic E-state index is 11.0. The molecule has 0 saturated carbocycles. The van der Waals surface area contributed by atoms with E-state index in [1.165, 1.54) is 25.7 Å². The van der Waals surface area contributed by atoms with Crippen molar-refractivity contribution >= 4 is 19.7 Å². The Labute approximate surface area is 166 Å². The molecule has 1 aromatic rings. The predicted molar refractivity (Wildman–Crippen MR) is 118 cm³/mol. The highest BCUT2D eigenvalue weighted by Gasteiger charge is 2.41. The minimum Gasteiger partial charge on any atom is -0.413 e. The number of hydrogen-bond acceptors (Lipinski definition) is 3. The number of hydrogen-bond donors (Lipinski definition) is 1. The van der Waals surface area contributed by atoms with E-state index >= 15 is 0 Å². The summed E-state index contributed by atoms with van der Waals surface area (Å²) >= 11 is 1.61. The maximum Gasteiger partial charge on any atom is 0.192 e. The first-order valence-electron chi connectivity index (χ1n) is 10.2. The van der Waals surface area contributed by atoms with Gasteiger partial charge in [-0.25, -0.2) is 0 Å². The van der Waals surface area contributed by atoms with Crippen molar-refractivity contribution in [2.45, 2.75) is 96.6 Å². The SMILES string of the molecule is C=C[C@H]([C@H](CCCCCCC)O[Si](C)(C)C(C)(C)C)[C@@H](O)c1cccs1. The number of rotatable bonds is 12. The minimum atomic E-state index is -1.91. The summed E-state index contributed by atoms with van der Waals surface area (Å²) in [7, 11) is -1.91. The highest BCUT2D eigenvalue weighted by Crippen LogP contribution is 2.41. The molecule has 26 heavy (non-hydrogen) atoms. The van der Waals surface area contributed by atoms with E-state index in [2.05, 4.69) is 47.4 Å². The van der Waals surface area contributed by atoms with E-state index in [1.54, 1.807) is 11.3 Å². The van der Waals surface area contributed by atoms with Crippen LogP contribution in [0.3, 0.4) is 0 Å². The van der Waals surface area contributed by atoms with Crippen LogP contribution in [-0.4, -0.2) is 19.5 Å². The molecule has 1 rings (SSSR count). The highest BCUT2D eigenvalue weighted by molar-refractivity contribution is 7.10. The molecule has 150 valence electrons. The lowest BCUT2D eigenvalue weighted by Gasteiger charge is -2.42. The quantitative estimate of drug-likeness (QED) is 0.227. The standard InChI is InChI=1S/C22H40O2SSi/c1-8-10-11-12-13-15-19(24-26(6,7)22(3,4)5)18(9-2)21(23)20-16-14-17-25-20/h9,14,16-19,21,23H,2,8,10-13,15H2,1,3-7H3/t18-,19+,21-/m1/s1. The van der Waals surface area contributed by atoms with Crippen LogP contribution in [0.5, 0.6) is 0 Å². The summed E-state index contributed by atoms with van der Waals surface area (Å²) < 4.78 is 6.79. The molecule has 0 aliphatic carbocycles. The fourth-order valence-corrected chi connectivity index (χ4v) is 5.12. The van der Waals surface area contributed by atoms with Gasteiger partial charge < -0.3 is 9.53 Å². The normalized spacial score (nSPS) is 16.3. The van der Waals surface area contributed by atoms with Crippen LogP contribution in [0.1, 0.15) is 77.2 Å². The van der Waals surface area contributed by atoms with E-state index in [-0.39, 0.29) is 17.1 Å². The van der Waals surface area contributed by atoms with Crippen LogP contribution >= 0.6 is 11.3 Å². The summed E-state index contributed by atoms with van der Waals surface area (Å²) in [6, 6.07) is 4.01. The fraction of sp³-hybridized carbons (Fsp3) is 0.727. The van der Waals surface area contributed by atoms with Crippen LogP contribution in [-0.2, 0) is 4.43 Å². The van der Waals surface area contributed by atoms with Gasteiger partial charge in [0.05, 0.1) is 12.2 Å². The number of thiophene rings is 1. The molecule has 1 heterocycles. The molecule has 2 nitrogen and oxygen atoms in total. The molecule has 1 N–H and O–H groups in total. The minimum absolute atomic E-state index is 0.0344. The molecule has 4 heteroatoms. The molecular formula is C22H40O2SSi. The lowest BCUT2D eigenvalue weighted by molar-refractivity contribution is 0.0386. The monoisotopic (exact) mass is 396 g/mol. The lowest BCUT2D eigenvalue weighted by atomic mass is 9.91. The Balaban J connectivity index is 2.91. The van der Waals surface area contributed by atoms with Gasteiger partial charge >= 0.3 is 0 Å². The molecule has 0 fully saturated rings. The fourth-order valence-electron chi connectivity index (χ4n) is 2.97. The van der Waals surface area contributed by atoms with Crippen LogP contribution < -0.4 is 0 Å². The van der Waals surface area contributed by atoms with Gasteiger partial charge in [0.1, 0.15) is 0 Å². The molecule has 1 aromatic heterocycles. The van der Waals surface area contributed by atoms with Crippen molar-refractivity contribution in [3.05, 3.63) is 35.0 Å². The molecule has 0 aliphatic heterocycles. The molecule has 0 bridgehead atoms. The Morgan fingerprint density at radius 1 is 1.23 bits per heavy atom. The zero-order chi connectivity index (χ0) is 19.8. The number of aliphatic hydroxyl groups excluding tert-OH is 1. The van der Waals surface area contributed by atoms with Gasteiger partial charge in [0.2, 0.25) is 0 Å². The Morgan fingerprint density at radius 3 is 2.38 bits per heavy atom. The Bertz CT molecular complexity index is 505. The van der Waals surface area contributed by atoms with Crippen molar-refractivity contribution in [3.8, 4) is 0 Å².